The van der Waals surface area contributed by atoms with Crippen LogP contribution in [0.5, 0.6) is 5.75 Å². The fourth-order valence-electron chi connectivity index (χ4n) is 2.34. The van der Waals surface area contributed by atoms with Crippen molar-refractivity contribution in [2.24, 2.45) is 0 Å². The van der Waals surface area contributed by atoms with Crippen LogP contribution in [0.15, 0.2) is 18.2 Å². The van der Waals surface area contributed by atoms with Crippen LogP contribution in [-0.4, -0.2) is 49.0 Å². The Balaban J connectivity index is 2.01. The van der Waals surface area contributed by atoms with E-state index in [1.54, 1.807) is 32.0 Å². The second-order valence-corrected chi connectivity index (χ2v) is 6.04. The van der Waals surface area contributed by atoms with Gasteiger partial charge in [-0.3, -0.25) is 14.5 Å². The van der Waals surface area contributed by atoms with Gasteiger partial charge in [-0.2, -0.15) is 0 Å². The number of methoxy groups -OCH3 is 1. The Morgan fingerprint density at radius 2 is 2.23 bits per heavy atom. The molecule has 0 radical (unpaired) electrons. The highest BCUT2D eigenvalue weighted by atomic mass is 35.5. The Morgan fingerprint density at radius 1 is 1.50 bits per heavy atom. The van der Waals surface area contributed by atoms with Crippen LogP contribution in [0.2, 0.25) is 5.02 Å². The van der Waals surface area contributed by atoms with Gasteiger partial charge in [0, 0.05) is 18.8 Å². The summed E-state index contributed by atoms with van der Waals surface area (Å²) < 4.78 is 5.07. The van der Waals surface area contributed by atoms with E-state index in [0.717, 1.165) is 0 Å². The van der Waals surface area contributed by atoms with Gasteiger partial charge < -0.3 is 15.4 Å². The van der Waals surface area contributed by atoms with Crippen LogP contribution in [-0.2, 0) is 9.59 Å². The lowest BCUT2D eigenvalue weighted by Crippen LogP contribution is -2.62. The number of rotatable bonds is 4. The molecular formula is C15H20ClN3O3. The molecule has 1 fully saturated rings. The van der Waals surface area contributed by atoms with E-state index in [1.807, 2.05) is 4.90 Å². The Labute approximate surface area is 134 Å². The van der Waals surface area contributed by atoms with Gasteiger partial charge in [0.25, 0.3) is 0 Å². The summed E-state index contributed by atoms with van der Waals surface area (Å²) in [6.07, 6.45) is 0. The number of amides is 2. The standard InChI is InChI=1S/C15H20ClN3O3/c1-15(2)14(21)17-6-7-19(15)9-13(20)18-10-4-5-12(22-3)11(16)8-10/h4-5,8H,6-7,9H2,1-3H3,(H,17,21)(H,18,20). The van der Waals surface area contributed by atoms with Crippen molar-refractivity contribution in [1.82, 2.24) is 10.2 Å². The zero-order chi connectivity index (χ0) is 16.3. The molecule has 1 aromatic carbocycles. The zero-order valence-electron chi connectivity index (χ0n) is 12.9. The van der Waals surface area contributed by atoms with Crippen LogP contribution >= 0.6 is 11.6 Å². The number of piperazine rings is 1. The number of nitrogens with one attached hydrogen (secondary N) is 2. The fraction of sp³-hybridized carbons (Fsp3) is 0.467. The number of halogens is 1. The van der Waals surface area contributed by atoms with Gasteiger partial charge in [-0.1, -0.05) is 11.6 Å². The highest BCUT2D eigenvalue weighted by Gasteiger charge is 2.38. The van der Waals surface area contributed by atoms with E-state index in [2.05, 4.69) is 10.6 Å². The number of benzene rings is 1. The molecule has 1 saturated heterocycles. The van der Waals surface area contributed by atoms with Crippen molar-refractivity contribution in [2.45, 2.75) is 19.4 Å². The molecule has 1 aliphatic rings. The molecule has 0 spiro atoms. The Hall–Kier alpha value is -1.79. The van der Waals surface area contributed by atoms with Crippen LogP contribution in [0.25, 0.3) is 0 Å². The van der Waals surface area contributed by atoms with Crippen LogP contribution in [0.1, 0.15) is 13.8 Å². The molecule has 0 atom stereocenters. The van der Waals surface area contributed by atoms with Crippen molar-refractivity contribution in [2.75, 3.05) is 32.1 Å². The predicted octanol–water partition coefficient (Wildman–Crippen LogP) is 1.50. The highest BCUT2D eigenvalue weighted by molar-refractivity contribution is 6.32. The van der Waals surface area contributed by atoms with Crippen molar-refractivity contribution in [3.8, 4) is 5.75 Å². The molecule has 22 heavy (non-hydrogen) atoms. The lowest BCUT2D eigenvalue weighted by molar-refractivity contribution is -0.136. The van der Waals surface area contributed by atoms with Crippen molar-refractivity contribution in [3.63, 3.8) is 0 Å². The number of carbonyl (C=O) groups is 2. The molecule has 0 aliphatic carbocycles. The number of nitrogens with zero attached hydrogens (tertiary/aromatic N) is 1. The zero-order valence-corrected chi connectivity index (χ0v) is 13.7. The number of carbonyl (C=O) groups excluding carboxylic acids is 2. The van der Waals surface area contributed by atoms with E-state index in [-0.39, 0.29) is 18.4 Å². The van der Waals surface area contributed by atoms with Crippen molar-refractivity contribution >= 4 is 29.1 Å². The van der Waals surface area contributed by atoms with Gasteiger partial charge in [0.2, 0.25) is 11.8 Å². The van der Waals surface area contributed by atoms with Crippen LogP contribution in [0.4, 0.5) is 5.69 Å². The molecular weight excluding hydrogens is 306 g/mol. The van der Waals surface area contributed by atoms with Gasteiger partial charge in [-0.15, -0.1) is 0 Å². The lowest BCUT2D eigenvalue weighted by atomic mass is 9.99. The highest BCUT2D eigenvalue weighted by Crippen LogP contribution is 2.27. The van der Waals surface area contributed by atoms with Gasteiger partial charge in [0.05, 0.1) is 24.2 Å². The number of ether oxygens (including phenoxy) is 1. The first-order valence-corrected chi connectivity index (χ1v) is 7.39. The van der Waals surface area contributed by atoms with E-state index < -0.39 is 5.54 Å². The Bertz CT molecular complexity index is 589. The molecule has 0 aromatic heterocycles. The van der Waals surface area contributed by atoms with Crippen LogP contribution in [0.3, 0.4) is 0 Å². The second-order valence-electron chi connectivity index (χ2n) is 5.63. The summed E-state index contributed by atoms with van der Waals surface area (Å²) in [4.78, 5) is 25.9. The average Bonchev–Trinajstić information content (AvgIpc) is 2.44. The largest absolute Gasteiger partial charge is 0.495 e. The normalized spacial score (nSPS) is 17.7. The number of hydrogen-bond acceptors (Lipinski definition) is 4. The molecule has 2 amide bonds. The molecule has 2 rings (SSSR count). The molecule has 6 nitrogen and oxygen atoms in total. The Kier molecular flexibility index (Phi) is 4.93. The van der Waals surface area contributed by atoms with Crippen molar-refractivity contribution in [1.29, 1.82) is 0 Å². The summed E-state index contributed by atoms with van der Waals surface area (Å²) in [7, 11) is 1.53. The van der Waals surface area contributed by atoms with E-state index in [9.17, 15) is 9.59 Å². The molecule has 0 saturated carbocycles. The predicted molar refractivity (Wildman–Crippen MR) is 85.3 cm³/mol. The maximum atomic E-state index is 12.2. The quantitative estimate of drug-likeness (QED) is 0.880. The lowest BCUT2D eigenvalue weighted by Gasteiger charge is -2.40. The van der Waals surface area contributed by atoms with Crippen LogP contribution in [0, 0.1) is 0 Å². The first-order valence-electron chi connectivity index (χ1n) is 7.01. The molecule has 2 N–H and O–H groups in total. The van der Waals surface area contributed by atoms with E-state index >= 15 is 0 Å². The molecule has 1 aromatic rings. The Morgan fingerprint density at radius 3 is 2.86 bits per heavy atom. The maximum absolute atomic E-state index is 12.2. The number of anilines is 1. The molecule has 0 unspecified atom stereocenters. The fourth-order valence-corrected chi connectivity index (χ4v) is 2.60. The summed E-state index contributed by atoms with van der Waals surface area (Å²) in [6, 6.07) is 5.04. The molecule has 7 heteroatoms. The van der Waals surface area contributed by atoms with Crippen molar-refractivity contribution < 1.29 is 14.3 Å². The summed E-state index contributed by atoms with van der Waals surface area (Å²) in [5.41, 5.74) is -0.109. The second kappa shape index (κ2) is 6.54. The smallest absolute Gasteiger partial charge is 0.240 e. The summed E-state index contributed by atoms with van der Waals surface area (Å²) in [5, 5.41) is 6.01. The summed E-state index contributed by atoms with van der Waals surface area (Å²) in [5.74, 6) is 0.288. The maximum Gasteiger partial charge on any atom is 0.240 e. The third-order valence-electron chi connectivity index (χ3n) is 3.78. The SMILES string of the molecule is COc1ccc(NC(=O)CN2CCNC(=O)C2(C)C)cc1Cl. The molecule has 1 heterocycles. The molecule has 1 aliphatic heterocycles. The topological polar surface area (TPSA) is 70.7 Å². The van der Waals surface area contributed by atoms with E-state index in [4.69, 9.17) is 16.3 Å². The molecule has 0 bridgehead atoms. The van der Waals surface area contributed by atoms with E-state index in [1.165, 1.54) is 7.11 Å². The number of hydrogen-bond donors (Lipinski definition) is 2. The minimum atomic E-state index is -0.701. The summed E-state index contributed by atoms with van der Waals surface area (Å²) >= 11 is 6.03. The monoisotopic (exact) mass is 325 g/mol. The van der Waals surface area contributed by atoms with Gasteiger partial charge in [-0.05, 0) is 32.0 Å². The average molecular weight is 326 g/mol. The minimum Gasteiger partial charge on any atom is -0.495 e. The minimum absolute atomic E-state index is 0.0703. The first-order chi connectivity index (χ1) is 10.3. The van der Waals surface area contributed by atoms with Gasteiger partial charge in [0.1, 0.15) is 5.75 Å². The van der Waals surface area contributed by atoms with Gasteiger partial charge >= 0.3 is 0 Å². The van der Waals surface area contributed by atoms with Gasteiger partial charge in [-0.25, -0.2) is 0 Å². The third-order valence-corrected chi connectivity index (χ3v) is 4.08. The van der Waals surface area contributed by atoms with E-state index in [0.29, 0.717) is 29.5 Å². The van der Waals surface area contributed by atoms with Crippen LogP contribution < -0.4 is 15.4 Å². The van der Waals surface area contributed by atoms with Gasteiger partial charge in [0.15, 0.2) is 0 Å². The van der Waals surface area contributed by atoms with Crippen molar-refractivity contribution in [3.05, 3.63) is 23.2 Å². The molecule has 120 valence electrons. The summed E-state index contributed by atoms with van der Waals surface area (Å²) in [6.45, 7) is 4.93. The third kappa shape index (κ3) is 3.51. The first kappa shape index (κ1) is 16.6.